The maximum atomic E-state index is 13.3. The van der Waals surface area contributed by atoms with Crippen molar-refractivity contribution in [2.24, 2.45) is 5.92 Å². The summed E-state index contributed by atoms with van der Waals surface area (Å²) in [4.78, 5) is 42.8. The second-order valence-electron chi connectivity index (χ2n) is 8.85. The lowest BCUT2D eigenvalue weighted by molar-refractivity contribution is -0.134. The highest BCUT2D eigenvalue weighted by Crippen LogP contribution is 2.25. The van der Waals surface area contributed by atoms with Gasteiger partial charge in [0.05, 0.1) is 0 Å². The minimum absolute atomic E-state index is 0.01000. The Balaban J connectivity index is 1.45. The molecule has 6 nitrogen and oxygen atoms in total. The van der Waals surface area contributed by atoms with Crippen molar-refractivity contribution in [2.75, 3.05) is 26.2 Å². The molecule has 2 fully saturated rings. The monoisotopic (exact) mass is 433 g/mol. The molecule has 1 N–H and O–H groups in total. The van der Waals surface area contributed by atoms with Crippen LogP contribution < -0.4 is 5.32 Å². The summed E-state index contributed by atoms with van der Waals surface area (Å²) in [5.41, 5.74) is 2.33. The van der Waals surface area contributed by atoms with Crippen molar-refractivity contribution in [2.45, 2.75) is 38.6 Å². The van der Waals surface area contributed by atoms with Gasteiger partial charge in [0.1, 0.15) is 6.04 Å². The predicted molar refractivity (Wildman–Crippen MR) is 123 cm³/mol. The van der Waals surface area contributed by atoms with Gasteiger partial charge in [-0.05, 0) is 62.8 Å². The average Bonchev–Trinajstić information content (AvgIpc) is 3.38. The summed E-state index contributed by atoms with van der Waals surface area (Å²) >= 11 is 0. The van der Waals surface area contributed by atoms with Gasteiger partial charge in [0.25, 0.3) is 11.8 Å². The molecule has 2 saturated heterocycles. The van der Waals surface area contributed by atoms with Crippen LogP contribution in [0.25, 0.3) is 0 Å². The number of rotatable bonds is 5. The molecule has 32 heavy (non-hydrogen) atoms. The van der Waals surface area contributed by atoms with E-state index in [9.17, 15) is 14.4 Å². The first-order valence-corrected chi connectivity index (χ1v) is 11.5. The van der Waals surface area contributed by atoms with Crippen molar-refractivity contribution < 1.29 is 14.4 Å². The van der Waals surface area contributed by atoms with Crippen LogP contribution in [0.5, 0.6) is 0 Å². The lowest BCUT2D eigenvalue weighted by Gasteiger charge is -2.37. The number of amides is 3. The first-order chi connectivity index (χ1) is 15.5. The van der Waals surface area contributed by atoms with Crippen LogP contribution >= 0.6 is 0 Å². The molecular weight excluding hydrogens is 402 g/mol. The molecule has 3 amide bonds. The Morgan fingerprint density at radius 3 is 2.06 bits per heavy atom. The van der Waals surface area contributed by atoms with E-state index in [4.69, 9.17) is 0 Å². The largest absolute Gasteiger partial charge is 0.341 e. The molecule has 4 rings (SSSR count). The van der Waals surface area contributed by atoms with E-state index in [0.717, 1.165) is 31.5 Å². The Morgan fingerprint density at radius 2 is 1.44 bits per heavy atom. The SMILES string of the molecule is Cc1ccc(C(=O)NC(C(=O)N2CCCC2)C2CCN(C(=O)c3ccccc3)CC2)cc1. The Hall–Kier alpha value is -3.15. The van der Waals surface area contributed by atoms with Gasteiger partial charge in [-0.2, -0.15) is 0 Å². The van der Waals surface area contributed by atoms with Crippen molar-refractivity contribution in [3.8, 4) is 0 Å². The van der Waals surface area contributed by atoms with Crippen LogP contribution in [0.1, 0.15) is 52.0 Å². The van der Waals surface area contributed by atoms with E-state index in [1.807, 2.05) is 59.2 Å². The van der Waals surface area contributed by atoms with Gasteiger partial charge in [-0.1, -0.05) is 35.9 Å². The van der Waals surface area contributed by atoms with Gasteiger partial charge in [-0.3, -0.25) is 14.4 Å². The minimum Gasteiger partial charge on any atom is -0.341 e. The number of aryl methyl sites for hydroxylation is 1. The first kappa shape index (κ1) is 22.1. The predicted octanol–water partition coefficient (Wildman–Crippen LogP) is 3.27. The number of nitrogens with zero attached hydrogens (tertiary/aromatic N) is 2. The molecule has 1 atom stereocenters. The summed E-state index contributed by atoms with van der Waals surface area (Å²) in [6.07, 6.45) is 3.40. The molecule has 0 spiro atoms. The van der Waals surface area contributed by atoms with Gasteiger partial charge < -0.3 is 15.1 Å². The van der Waals surface area contributed by atoms with Crippen LogP contribution in [0.4, 0.5) is 0 Å². The molecule has 2 aliphatic rings. The number of nitrogens with one attached hydrogen (secondary N) is 1. The Kier molecular flexibility index (Phi) is 6.88. The van der Waals surface area contributed by atoms with Crippen LogP contribution in [0, 0.1) is 12.8 Å². The topological polar surface area (TPSA) is 69.7 Å². The number of piperidine rings is 1. The van der Waals surface area contributed by atoms with Crippen molar-refractivity contribution in [1.29, 1.82) is 0 Å². The van der Waals surface area contributed by atoms with E-state index in [1.54, 1.807) is 12.1 Å². The third kappa shape index (κ3) is 5.01. The minimum atomic E-state index is -0.559. The Morgan fingerprint density at radius 1 is 0.812 bits per heavy atom. The molecule has 1 unspecified atom stereocenters. The van der Waals surface area contributed by atoms with Gasteiger partial charge in [0, 0.05) is 37.3 Å². The molecule has 0 aliphatic carbocycles. The lowest BCUT2D eigenvalue weighted by atomic mass is 9.88. The van der Waals surface area contributed by atoms with Gasteiger partial charge in [0.2, 0.25) is 5.91 Å². The number of hydrogen-bond acceptors (Lipinski definition) is 3. The molecule has 2 aromatic rings. The number of carbonyl (C=O) groups excluding carboxylic acids is 3. The van der Waals surface area contributed by atoms with Gasteiger partial charge in [-0.25, -0.2) is 0 Å². The molecule has 0 saturated carbocycles. The van der Waals surface area contributed by atoms with Crippen LogP contribution in [0.2, 0.25) is 0 Å². The van der Waals surface area contributed by atoms with Crippen molar-refractivity contribution in [3.63, 3.8) is 0 Å². The fourth-order valence-electron chi connectivity index (χ4n) is 4.64. The van der Waals surface area contributed by atoms with E-state index in [0.29, 0.717) is 37.1 Å². The van der Waals surface area contributed by atoms with Gasteiger partial charge >= 0.3 is 0 Å². The highest BCUT2D eigenvalue weighted by molar-refractivity contribution is 5.98. The van der Waals surface area contributed by atoms with Crippen molar-refractivity contribution >= 4 is 17.7 Å². The summed E-state index contributed by atoms with van der Waals surface area (Å²) in [7, 11) is 0. The van der Waals surface area contributed by atoms with Crippen LogP contribution in [-0.4, -0.2) is 59.7 Å². The number of hydrogen-bond donors (Lipinski definition) is 1. The van der Waals surface area contributed by atoms with E-state index < -0.39 is 6.04 Å². The summed E-state index contributed by atoms with van der Waals surface area (Å²) in [5.74, 6) is -0.173. The number of carbonyl (C=O) groups is 3. The normalized spacial score (nSPS) is 17.8. The zero-order valence-corrected chi connectivity index (χ0v) is 18.6. The van der Waals surface area contributed by atoms with Crippen molar-refractivity contribution in [1.82, 2.24) is 15.1 Å². The second kappa shape index (κ2) is 9.98. The Bertz CT molecular complexity index is 944. The molecule has 2 aliphatic heterocycles. The highest BCUT2D eigenvalue weighted by Gasteiger charge is 2.37. The maximum absolute atomic E-state index is 13.3. The average molecular weight is 434 g/mol. The standard InChI is InChI=1S/C26H31N3O3/c1-19-9-11-21(12-10-19)24(30)27-23(26(32)28-15-5-6-16-28)20-13-17-29(18-14-20)25(31)22-7-3-2-4-8-22/h2-4,7-12,20,23H,5-6,13-18H2,1H3,(H,27,30). The first-order valence-electron chi connectivity index (χ1n) is 11.5. The second-order valence-corrected chi connectivity index (χ2v) is 8.85. The number of benzene rings is 2. The van der Waals surface area contributed by atoms with E-state index in [2.05, 4.69) is 5.32 Å². The van der Waals surface area contributed by atoms with Gasteiger partial charge in [-0.15, -0.1) is 0 Å². The summed E-state index contributed by atoms with van der Waals surface area (Å²) in [6.45, 7) is 4.65. The van der Waals surface area contributed by atoms with Crippen LogP contribution in [0.3, 0.4) is 0 Å². The quantitative estimate of drug-likeness (QED) is 0.787. The molecule has 0 bridgehead atoms. The summed E-state index contributed by atoms with van der Waals surface area (Å²) < 4.78 is 0. The molecule has 2 heterocycles. The maximum Gasteiger partial charge on any atom is 0.253 e. The summed E-state index contributed by atoms with van der Waals surface area (Å²) in [6, 6.07) is 16.1. The molecule has 168 valence electrons. The number of likely N-dealkylation sites (tertiary alicyclic amines) is 2. The molecular formula is C26H31N3O3. The van der Waals surface area contributed by atoms with E-state index >= 15 is 0 Å². The molecule has 6 heteroatoms. The van der Waals surface area contributed by atoms with Crippen LogP contribution in [-0.2, 0) is 4.79 Å². The Labute approximate surface area is 189 Å². The van der Waals surface area contributed by atoms with Crippen molar-refractivity contribution in [3.05, 3.63) is 71.3 Å². The zero-order valence-electron chi connectivity index (χ0n) is 18.6. The van der Waals surface area contributed by atoms with E-state index in [1.165, 1.54) is 0 Å². The third-order valence-electron chi connectivity index (χ3n) is 6.60. The highest BCUT2D eigenvalue weighted by atomic mass is 16.2. The van der Waals surface area contributed by atoms with E-state index in [-0.39, 0.29) is 23.6 Å². The fraction of sp³-hybridized carbons (Fsp3) is 0.423. The molecule has 2 aromatic carbocycles. The smallest absolute Gasteiger partial charge is 0.253 e. The molecule has 0 aromatic heterocycles. The molecule has 0 radical (unpaired) electrons. The van der Waals surface area contributed by atoms with Gasteiger partial charge in [0.15, 0.2) is 0 Å². The van der Waals surface area contributed by atoms with Crippen LogP contribution in [0.15, 0.2) is 54.6 Å². The summed E-state index contributed by atoms with van der Waals surface area (Å²) in [5, 5.41) is 3.04. The fourth-order valence-corrected chi connectivity index (χ4v) is 4.64. The third-order valence-corrected chi connectivity index (χ3v) is 6.60. The zero-order chi connectivity index (χ0) is 22.5. The lowest BCUT2D eigenvalue weighted by Crippen LogP contribution is -2.54.